The molecule has 5 heteroatoms. The second-order valence-electron chi connectivity index (χ2n) is 9.78. The SMILES string of the molecule is O=C(O)c1ccc(N2CCC(NC(=O)C34CC5CC(CC(C5)C3)C4)CC2)cc1. The Morgan fingerprint density at radius 3 is 1.96 bits per heavy atom. The molecule has 1 heterocycles. The molecule has 28 heavy (non-hydrogen) atoms. The minimum atomic E-state index is -0.891. The lowest BCUT2D eigenvalue weighted by atomic mass is 9.49. The predicted octanol–water partition coefficient (Wildman–Crippen LogP) is 3.69. The van der Waals surface area contributed by atoms with Gasteiger partial charge < -0.3 is 15.3 Å². The van der Waals surface area contributed by atoms with Gasteiger partial charge in [-0.05, 0) is 93.4 Å². The van der Waals surface area contributed by atoms with Crippen LogP contribution in [0.15, 0.2) is 24.3 Å². The molecule has 4 bridgehead atoms. The van der Waals surface area contributed by atoms with Crippen molar-refractivity contribution in [3.05, 3.63) is 29.8 Å². The van der Waals surface area contributed by atoms with Gasteiger partial charge in [0.05, 0.1) is 5.56 Å². The number of carboxylic acids is 1. The molecule has 4 aliphatic carbocycles. The van der Waals surface area contributed by atoms with E-state index in [1.165, 1.54) is 19.3 Å². The van der Waals surface area contributed by atoms with Crippen molar-refractivity contribution in [1.82, 2.24) is 5.32 Å². The number of rotatable bonds is 4. The quantitative estimate of drug-likeness (QED) is 0.833. The van der Waals surface area contributed by atoms with Crippen LogP contribution in [0.1, 0.15) is 61.7 Å². The van der Waals surface area contributed by atoms with Crippen LogP contribution in [0.4, 0.5) is 5.69 Å². The number of benzene rings is 1. The van der Waals surface area contributed by atoms with E-state index in [2.05, 4.69) is 10.2 Å². The zero-order chi connectivity index (χ0) is 19.3. The first-order valence-electron chi connectivity index (χ1n) is 10.9. The molecule has 6 rings (SSSR count). The van der Waals surface area contributed by atoms with E-state index in [-0.39, 0.29) is 11.5 Å². The van der Waals surface area contributed by atoms with Crippen molar-refractivity contribution in [3.8, 4) is 0 Å². The summed E-state index contributed by atoms with van der Waals surface area (Å²) in [6.07, 6.45) is 9.39. The summed E-state index contributed by atoms with van der Waals surface area (Å²) < 4.78 is 0. The molecule has 0 spiro atoms. The van der Waals surface area contributed by atoms with Gasteiger partial charge >= 0.3 is 5.97 Å². The molecule has 1 aromatic carbocycles. The minimum absolute atomic E-state index is 0.0570. The highest BCUT2D eigenvalue weighted by atomic mass is 16.4. The van der Waals surface area contributed by atoms with Gasteiger partial charge in [-0.2, -0.15) is 0 Å². The van der Waals surface area contributed by atoms with Crippen LogP contribution in [-0.2, 0) is 4.79 Å². The zero-order valence-electron chi connectivity index (χ0n) is 16.4. The Bertz CT molecular complexity index is 729. The van der Waals surface area contributed by atoms with E-state index in [0.29, 0.717) is 11.5 Å². The molecule has 1 aromatic rings. The highest BCUT2D eigenvalue weighted by Crippen LogP contribution is 2.60. The molecule has 1 aliphatic heterocycles. The molecular weight excluding hydrogens is 352 g/mol. The van der Waals surface area contributed by atoms with Gasteiger partial charge in [0, 0.05) is 30.2 Å². The van der Waals surface area contributed by atoms with E-state index < -0.39 is 5.97 Å². The molecule has 0 aromatic heterocycles. The summed E-state index contributed by atoms with van der Waals surface area (Å²) in [7, 11) is 0. The van der Waals surface area contributed by atoms with Gasteiger partial charge in [0.25, 0.3) is 0 Å². The Morgan fingerprint density at radius 1 is 0.929 bits per heavy atom. The number of piperidine rings is 1. The molecule has 150 valence electrons. The van der Waals surface area contributed by atoms with Crippen molar-refractivity contribution >= 4 is 17.6 Å². The maximum atomic E-state index is 13.2. The average molecular weight is 383 g/mol. The summed E-state index contributed by atoms with van der Waals surface area (Å²) in [5, 5.41) is 12.5. The molecular formula is C23H30N2O3. The largest absolute Gasteiger partial charge is 0.478 e. The number of hydrogen-bond donors (Lipinski definition) is 2. The van der Waals surface area contributed by atoms with Gasteiger partial charge in [0.15, 0.2) is 0 Å². The first kappa shape index (κ1) is 18.0. The van der Waals surface area contributed by atoms with Crippen LogP contribution in [-0.4, -0.2) is 36.1 Å². The van der Waals surface area contributed by atoms with Gasteiger partial charge in [0.1, 0.15) is 0 Å². The highest BCUT2D eigenvalue weighted by Gasteiger charge is 2.54. The van der Waals surface area contributed by atoms with Gasteiger partial charge in [0.2, 0.25) is 5.91 Å². The molecule has 0 atom stereocenters. The Kier molecular flexibility index (Phi) is 4.37. The summed E-state index contributed by atoms with van der Waals surface area (Å²) >= 11 is 0. The van der Waals surface area contributed by atoms with Crippen LogP contribution >= 0.6 is 0 Å². The van der Waals surface area contributed by atoms with Crippen LogP contribution in [0.3, 0.4) is 0 Å². The fourth-order valence-corrected chi connectivity index (χ4v) is 6.82. The molecule has 0 radical (unpaired) electrons. The molecule has 1 saturated heterocycles. The van der Waals surface area contributed by atoms with Crippen LogP contribution in [0, 0.1) is 23.2 Å². The Balaban J connectivity index is 1.17. The van der Waals surface area contributed by atoms with Crippen LogP contribution in [0.2, 0.25) is 0 Å². The average Bonchev–Trinajstić information content (AvgIpc) is 2.67. The summed E-state index contributed by atoms with van der Waals surface area (Å²) in [6, 6.07) is 7.38. The van der Waals surface area contributed by atoms with Crippen molar-refractivity contribution in [2.45, 2.75) is 57.4 Å². The number of carbonyl (C=O) groups excluding carboxylic acids is 1. The lowest BCUT2D eigenvalue weighted by Crippen LogP contribution is -2.56. The number of aromatic carboxylic acids is 1. The van der Waals surface area contributed by atoms with Crippen LogP contribution in [0.25, 0.3) is 0 Å². The van der Waals surface area contributed by atoms with Gasteiger partial charge in [-0.25, -0.2) is 4.79 Å². The van der Waals surface area contributed by atoms with E-state index in [1.807, 2.05) is 12.1 Å². The Labute approximate surface area is 166 Å². The van der Waals surface area contributed by atoms with Crippen LogP contribution in [0.5, 0.6) is 0 Å². The number of amides is 1. The number of carboxylic acid groups (broad SMARTS) is 1. The summed E-state index contributed by atoms with van der Waals surface area (Å²) in [5.41, 5.74) is 1.33. The predicted molar refractivity (Wildman–Crippen MR) is 107 cm³/mol. The third-order valence-electron chi connectivity index (χ3n) is 7.83. The first-order chi connectivity index (χ1) is 13.5. The lowest BCUT2D eigenvalue weighted by Gasteiger charge is -2.56. The summed E-state index contributed by atoms with van der Waals surface area (Å²) in [5.74, 6) is 1.85. The molecule has 5 aliphatic rings. The van der Waals surface area contributed by atoms with Crippen LogP contribution < -0.4 is 10.2 Å². The fourth-order valence-electron chi connectivity index (χ4n) is 6.82. The second-order valence-corrected chi connectivity index (χ2v) is 9.78. The van der Waals surface area contributed by atoms with Crippen molar-refractivity contribution in [3.63, 3.8) is 0 Å². The summed E-state index contributed by atoms with van der Waals surface area (Å²) in [4.78, 5) is 26.5. The fraction of sp³-hybridized carbons (Fsp3) is 0.652. The number of nitrogens with one attached hydrogen (secondary N) is 1. The monoisotopic (exact) mass is 382 g/mol. The van der Waals surface area contributed by atoms with E-state index >= 15 is 0 Å². The third-order valence-corrected chi connectivity index (χ3v) is 7.83. The number of hydrogen-bond acceptors (Lipinski definition) is 3. The first-order valence-corrected chi connectivity index (χ1v) is 10.9. The maximum absolute atomic E-state index is 13.2. The smallest absolute Gasteiger partial charge is 0.335 e. The topological polar surface area (TPSA) is 69.6 Å². The molecule has 0 unspecified atom stereocenters. The Hall–Kier alpha value is -2.04. The van der Waals surface area contributed by atoms with Crippen molar-refractivity contribution in [2.24, 2.45) is 23.2 Å². The molecule has 5 fully saturated rings. The normalized spacial score (nSPS) is 34.4. The van der Waals surface area contributed by atoms with Gasteiger partial charge in [-0.15, -0.1) is 0 Å². The standard InChI is InChI=1S/C23H30N2O3/c26-21(27)18-1-3-20(4-2-18)25-7-5-19(6-8-25)24-22(28)23-12-15-9-16(13-23)11-17(10-15)14-23/h1-4,15-17,19H,5-14H2,(H,24,28)(H,26,27). The molecule has 2 N–H and O–H groups in total. The van der Waals surface area contributed by atoms with Gasteiger partial charge in [-0.3, -0.25) is 4.79 Å². The van der Waals surface area contributed by atoms with Crippen molar-refractivity contribution in [1.29, 1.82) is 0 Å². The number of carbonyl (C=O) groups is 2. The lowest BCUT2D eigenvalue weighted by molar-refractivity contribution is -0.147. The second kappa shape index (κ2) is 6.78. The number of anilines is 1. The van der Waals surface area contributed by atoms with E-state index in [4.69, 9.17) is 5.11 Å². The van der Waals surface area contributed by atoms with E-state index in [1.54, 1.807) is 12.1 Å². The molecule has 4 saturated carbocycles. The van der Waals surface area contributed by atoms with E-state index in [0.717, 1.165) is 68.6 Å². The summed E-state index contributed by atoms with van der Waals surface area (Å²) in [6.45, 7) is 1.80. The maximum Gasteiger partial charge on any atom is 0.335 e. The minimum Gasteiger partial charge on any atom is -0.478 e. The Morgan fingerprint density at radius 2 is 1.46 bits per heavy atom. The van der Waals surface area contributed by atoms with E-state index in [9.17, 15) is 9.59 Å². The van der Waals surface area contributed by atoms with Crippen molar-refractivity contribution in [2.75, 3.05) is 18.0 Å². The van der Waals surface area contributed by atoms with Crippen molar-refractivity contribution < 1.29 is 14.7 Å². The van der Waals surface area contributed by atoms with Gasteiger partial charge in [-0.1, -0.05) is 0 Å². The highest BCUT2D eigenvalue weighted by molar-refractivity contribution is 5.88. The molecule has 5 nitrogen and oxygen atoms in total. The molecule has 1 amide bonds. The number of nitrogens with zero attached hydrogens (tertiary/aromatic N) is 1. The third kappa shape index (κ3) is 3.19. The zero-order valence-corrected chi connectivity index (χ0v) is 16.4.